The molecule has 0 saturated carbocycles. The SMILES string of the molecule is COCc1nc2cc(Cl)ccn2c1Cc1ccc2c(c1)COc1cc(F)ccc1C2=C(C)c1noc(=O)[nH]1. The first-order chi connectivity index (χ1) is 18.4. The topological polar surface area (TPSA) is 94.7 Å². The van der Waals surface area contributed by atoms with Crippen molar-refractivity contribution in [1.82, 2.24) is 19.5 Å². The van der Waals surface area contributed by atoms with E-state index in [0.717, 1.165) is 39.3 Å². The molecular formula is C28H22ClFN4O4. The number of rotatable bonds is 5. The summed E-state index contributed by atoms with van der Waals surface area (Å²) >= 11 is 6.19. The quantitative estimate of drug-likeness (QED) is 0.325. The van der Waals surface area contributed by atoms with Crippen LogP contribution < -0.4 is 10.5 Å². The van der Waals surface area contributed by atoms with Gasteiger partial charge in [-0.05, 0) is 47.4 Å². The molecule has 38 heavy (non-hydrogen) atoms. The fraction of sp³-hybridized carbons (Fsp3) is 0.179. The van der Waals surface area contributed by atoms with E-state index in [0.29, 0.717) is 40.8 Å². The maximum absolute atomic E-state index is 14.1. The van der Waals surface area contributed by atoms with Crippen LogP contribution in [0.4, 0.5) is 4.39 Å². The van der Waals surface area contributed by atoms with Crippen LogP contribution in [0.2, 0.25) is 5.02 Å². The summed E-state index contributed by atoms with van der Waals surface area (Å²) in [5, 5.41) is 4.48. The molecule has 8 nitrogen and oxygen atoms in total. The van der Waals surface area contributed by atoms with Gasteiger partial charge >= 0.3 is 5.76 Å². The van der Waals surface area contributed by atoms with E-state index in [1.165, 1.54) is 12.1 Å². The average molecular weight is 533 g/mol. The van der Waals surface area contributed by atoms with Gasteiger partial charge < -0.3 is 13.9 Å². The summed E-state index contributed by atoms with van der Waals surface area (Å²) < 4.78 is 32.4. The Bertz CT molecular complexity index is 1790. The Morgan fingerprint density at radius 1 is 1.18 bits per heavy atom. The molecule has 0 radical (unpaired) electrons. The fourth-order valence-electron chi connectivity index (χ4n) is 4.91. The number of nitrogens with one attached hydrogen (secondary N) is 1. The molecule has 2 aromatic carbocycles. The molecule has 192 valence electrons. The van der Waals surface area contributed by atoms with Crippen molar-refractivity contribution >= 4 is 28.4 Å². The second-order valence-electron chi connectivity index (χ2n) is 9.05. The van der Waals surface area contributed by atoms with Crippen LogP contribution in [-0.4, -0.2) is 26.6 Å². The number of aromatic nitrogens is 4. The molecule has 1 aliphatic rings. The second kappa shape index (κ2) is 9.59. The summed E-state index contributed by atoms with van der Waals surface area (Å²) in [4.78, 5) is 19.0. The zero-order valence-electron chi connectivity index (χ0n) is 20.5. The lowest BCUT2D eigenvalue weighted by Crippen LogP contribution is -2.03. The van der Waals surface area contributed by atoms with Gasteiger partial charge in [-0.25, -0.2) is 14.2 Å². The van der Waals surface area contributed by atoms with Crippen LogP contribution in [0.3, 0.4) is 0 Å². The highest BCUT2D eigenvalue weighted by molar-refractivity contribution is 6.30. The number of fused-ring (bicyclic) bond motifs is 3. The van der Waals surface area contributed by atoms with Crippen LogP contribution in [0.15, 0.2) is 64.0 Å². The predicted octanol–water partition coefficient (Wildman–Crippen LogP) is 5.41. The first kappa shape index (κ1) is 24.1. The van der Waals surface area contributed by atoms with Crippen molar-refractivity contribution in [3.8, 4) is 5.75 Å². The highest BCUT2D eigenvalue weighted by Crippen LogP contribution is 2.41. The Morgan fingerprint density at radius 3 is 2.82 bits per heavy atom. The largest absolute Gasteiger partial charge is 0.488 e. The van der Waals surface area contributed by atoms with Crippen molar-refractivity contribution in [2.45, 2.75) is 26.6 Å². The van der Waals surface area contributed by atoms with Crippen molar-refractivity contribution in [2.24, 2.45) is 0 Å². The van der Waals surface area contributed by atoms with Crippen molar-refractivity contribution in [3.63, 3.8) is 0 Å². The number of methoxy groups -OCH3 is 1. The van der Waals surface area contributed by atoms with E-state index in [1.807, 2.05) is 41.8 Å². The Balaban J connectivity index is 1.48. The Labute approximate surface area is 221 Å². The highest BCUT2D eigenvalue weighted by atomic mass is 35.5. The van der Waals surface area contributed by atoms with Gasteiger partial charge in [0.1, 0.15) is 23.8 Å². The minimum Gasteiger partial charge on any atom is -0.488 e. The zero-order valence-corrected chi connectivity index (χ0v) is 21.3. The van der Waals surface area contributed by atoms with Gasteiger partial charge in [-0.15, -0.1) is 0 Å². The van der Waals surface area contributed by atoms with E-state index in [4.69, 9.17) is 30.6 Å². The van der Waals surface area contributed by atoms with E-state index in [9.17, 15) is 9.18 Å². The lowest BCUT2D eigenvalue weighted by molar-refractivity contribution is 0.181. The van der Waals surface area contributed by atoms with Crippen LogP contribution in [0.25, 0.3) is 16.8 Å². The number of benzene rings is 2. The van der Waals surface area contributed by atoms with Gasteiger partial charge in [-0.3, -0.25) is 9.51 Å². The predicted molar refractivity (Wildman–Crippen MR) is 140 cm³/mol. The second-order valence-corrected chi connectivity index (χ2v) is 9.49. The molecule has 0 unspecified atom stereocenters. The van der Waals surface area contributed by atoms with Gasteiger partial charge in [-0.1, -0.05) is 35.0 Å². The lowest BCUT2D eigenvalue weighted by Gasteiger charge is -2.14. The number of H-pyrrole nitrogens is 1. The minimum absolute atomic E-state index is 0.236. The molecule has 0 fully saturated rings. The molecule has 4 heterocycles. The number of imidazole rings is 1. The van der Waals surface area contributed by atoms with Crippen molar-refractivity contribution in [1.29, 1.82) is 0 Å². The minimum atomic E-state index is -0.652. The van der Waals surface area contributed by atoms with E-state index < -0.39 is 11.6 Å². The van der Waals surface area contributed by atoms with Crippen LogP contribution in [0.1, 0.15) is 46.4 Å². The van der Waals surface area contributed by atoms with Crippen LogP contribution in [0.5, 0.6) is 5.75 Å². The molecule has 1 N–H and O–H groups in total. The van der Waals surface area contributed by atoms with Gasteiger partial charge in [-0.2, -0.15) is 0 Å². The number of halogens is 2. The molecule has 0 spiro atoms. The number of nitrogens with zero attached hydrogens (tertiary/aromatic N) is 3. The van der Waals surface area contributed by atoms with E-state index in [-0.39, 0.29) is 6.61 Å². The lowest BCUT2D eigenvalue weighted by atomic mass is 9.89. The monoisotopic (exact) mass is 532 g/mol. The summed E-state index contributed by atoms with van der Waals surface area (Å²) in [5.41, 5.74) is 7.54. The molecule has 1 aliphatic heterocycles. The Morgan fingerprint density at radius 2 is 2.03 bits per heavy atom. The molecule has 5 aromatic rings. The molecule has 3 aromatic heterocycles. The molecular weight excluding hydrogens is 511 g/mol. The van der Waals surface area contributed by atoms with Crippen molar-refractivity contribution in [2.75, 3.05) is 7.11 Å². The van der Waals surface area contributed by atoms with E-state index in [1.54, 1.807) is 13.2 Å². The number of pyridine rings is 1. The smallest absolute Gasteiger partial charge is 0.439 e. The third kappa shape index (κ3) is 4.29. The molecule has 0 amide bonds. The molecule has 0 aliphatic carbocycles. The summed E-state index contributed by atoms with van der Waals surface area (Å²) in [6.07, 6.45) is 2.49. The number of hydrogen-bond acceptors (Lipinski definition) is 6. The van der Waals surface area contributed by atoms with Gasteiger partial charge in [0.2, 0.25) is 0 Å². The third-order valence-electron chi connectivity index (χ3n) is 6.63. The average Bonchev–Trinajstić information content (AvgIpc) is 3.43. The number of allylic oxidation sites excluding steroid dienone is 1. The Hall–Kier alpha value is -4.21. The maximum atomic E-state index is 14.1. The summed E-state index contributed by atoms with van der Waals surface area (Å²) in [7, 11) is 1.64. The zero-order chi connectivity index (χ0) is 26.4. The Kier molecular flexibility index (Phi) is 6.09. The third-order valence-corrected chi connectivity index (χ3v) is 6.86. The molecule has 0 atom stereocenters. The number of hydrogen-bond donors (Lipinski definition) is 1. The highest BCUT2D eigenvalue weighted by Gasteiger charge is 2.24. The van der Waals surface area contributed by atoms with E-state index >= 15 is 0 Å². The molecule has 10 heteroatoms. The summed E-state index contributed by atoms with van der Waals surface area (Å²) in [6, 6.07) is 14.2. The number of ether oxygens (including phenoxy) is 2. The molecule has 0 bridgehead atoms. The standard InChI is InChI=1S/C28H22ClFN4O4/c1-15(27-32-28(35)38-33-27)26-20-5-3-16(9-17(20)13-37-24-12-19(30)4-6-21(24)26)10-23-22(14-36-2)31-25-11-18(29)7-8-34(23)25/h3-9,11-12H,10,13-14H2,1-2H3,(H,32,33,35). The van der Waals surface area contributed by atoms with Gasteiger partial charge in [0.15, 0.2) is 5.82 Å². The number of aromatic amines is 1. The maximum Gasteiger partial charge on any atom is 0.439 e. The van der Waals surface area contributed by atoms with Gasteiger partial charge in [0.25, 0.3) is 0 Å². The summed E-state index contributed by atoms with van der Waals surface area (Å²) in [6.45, 7) is 2.44. The fourth-order valence-corrected chi connectivity index (χ4v) is 5.06. The first-order valence-corrected chi connectivity index (χ1v) is 12.3. The molecule has 0 saturated heterocycles. The van der Waals surface area contributed by atoms with Crippen LogP contribution in [-0.2, 0) is 24.4 Å². The normalized spacial score (nSPS) is 14.1. The first-order valence-electron chi connectivity index (χ1n) is 11.9. The van der Waals surface area contributed by atoms with Crippen LogP contribution >= 0.6 is 11.6 Å². The van der Waals surface area contributed by atoms with Crippen molar-refractivity contribution < 1.29 is 18.4 Å². The van der Waals surface area contributed by atoms with Gasteiger partial charge in [0.05, 0.1) is 18.0 Å². The molecule has 6 rings (SSSR count). The van der Waals surface area contributed by atoms with E-state index in [2.05, 4.69) is 16.2 Å². The van der Waals surface area contributed by atoms with Crippen LogP contribution in [0, 0.1) is 5.82 Å². The van der Waals surface area contributed by atoms with Crippen molar-refractivity contribution in [3.05, 3.63) is 116 Å². The summed E-state index contributed by atoms with van der Waals surface area (Å²) in [5.74, 6) is -0.351. The van der Waals surface area contributed by atoms with Gasteiger partial charge in [0, 0.05) is 48.0 Å².